The number of hydrogen-bond donors (Lipinski definition) is 2. The van der Waals surface area contributed by atoms with Gasteiger partial charge in [-0.1, -0.05) is 6.07 Å². The molecule has 3 N–H and O–H groups in total. The van der Waals surface area contributed by atoms with Gasteiger partial charge in [-0.25, -0.2) is 0 Å². The van der Waals surface area contributed by atoms with Gasteiger partial charge in [0.25, 0.3) is 0 Å². The zero-order chi connectivity index (χ0) is 7.40. The summed E-state index contributed by atoms with van der Waals surface area (Å²) in [4.78, 5) is 3.98. The molecule has 1 rings (SSSR count). The van der Waals surface area contributed by atoms with Crippen molar-refractivity contribution in [2.24, 2.45) is 5.73 Å². The molecule has 1 heterocycles. The van der Waals surface area contributed by atoms with Crippen molar-refractivity contribution in [3.05, 3.63) is 29.6 Å². The van der Waals surface area contributed by atoms with E-state index in [1.165, 1.54) is 0 Å². The summed E-state index contributed by atoms with van der Waals surface area (Å²) in [7, 11) is 0. The van der Waals surface area contributed by atoms with Crippen LogP contribution in [0.2, 0.25) is 0 Å². The number of aliphatic hydroxyl groups excluding tert-OH is 1. The molecule has 0 aliphatic rings. The van der Waals surface area contributed by atoms with Crippen LogP contribution in [-0.4, -0.2) is 10.1 Å². The second-order valence-electron chi connectivity index (χ2n) is 2.02. The first-order chi connectivity index (χ1) is 4.86. The minimum absolute atomic E-state index is 0.0395. The van der Waals surface area contributed by atoms with Gasteiger partial charge in [-0.3, -0.25) is 4.98 Å². The maximum atomic E-state index is 8.63. The summed E-state index contributed by atoms with van der Waals surface area (Å²) in [5.74, 6) is 0. The van der Waals surface area contributed by atoms with E-state index < -0.39 is 0 Å². The van der Waals surface area contributed by atoms with E-state index >= 15 is 0 Å². The molecule has 0 saturated carbocycles. The summed E-state index contributed by atoms with van der Waals surface area (Å²) >= 11 is 0. The third kappa shape index (κ3) is 1.52. The average molecular weight is 138 g/mol. The second kappa shape index (κ2) is 3.29. The smallest absolute Gasteiger partial charge is 0.0696 e. The fraction of sp³-hybridized carbons (Fsp3) is 0.286. The maximum Gasteiger partial charge on any atom is 0.0696 e. The van der Waals surface area contributed by atoms with Crippen molar-refractivity contribution in [2.45, 2.75) is 13.2 Å². The van der Waals surface area contributed by atoms with Gasteiger partial charge in [0.2, 0.25) is 0 Å². The van der Waals surface area contributed by atoms with E-state index in [1.54, 1.807) is 6.20 Å². The first-order valence-corrected chi connectivity index (χ1v) is 3.11. The molecular formula is C7H10N2O. The van der Waals surface area contributed by atoms with Gasteiger partial charge >= 0.3 is 0 Å². The molecule has 0 amide bonds. The molecule has 3 nitrogen and oxygen atoms in total. The van der Waals surface area contributed by atoms with Crippen molar-refractivity contribution < 1.29 is 5.11 Å². The van der Waals surface area contributed by atoms with Crippen molar-refractivity contribution in [1.82, 2.24) is 4.98 Å². The fourth-order valence-corrected chi connectivity index (χ4v) is 0.669. The molecule has 10 heavy (non-hydrogen) atoms. The lowest BCUT2D eigenvalue weighted by atomic mass is 10.2. The minimum atomic E-state index is 0.0395. The Bertz CT molecular complexity index is 172. The molecule has 0 fully saturated rings. The topological polar surface area (TPSA) is 59.1 Å². The Kier molecular flexibility index (Phi) is 2.36. The third-order valence-electron chi connectivity index (χ3n) is 1.28. The van der Waals surface area contributed by atoms with E-state index in [0.29, 0.717) is 6.54 Å². The van der Waals surface area contributed by atoms with E-state index in [1.807, 2.05) is 12.1 Å². The quantitative estimate of drug-likeness (QED) is 0.606. The molecule has 0 aliphatic heterocycles. The summed E-state index contributed by atoms with van der Waals surface area (Å²) < 4.78 is 0. The van der Waals surface area contributed by atoms with Crippen molar-refractivity contribution in [1.29, 1.82) is 0 Å². The van der Waals surface area contributed by atoms with E-state index in [2.05, 4.69) is 4.98 Å². The number of nitrogens with zero attached hydrogens (tertiary/aromatic N) is 1. The second-order valence-corrected chi connectivity index (χ2v) is 2.02. The predicted octanol–water partition coefficient (Wildman–Crippen LogP) is 0.0326. The molecule has 0 spiro atoms. The highest BCUT2D eigenvalue weighted by atomic mass is 16.3. The highest BCUT2D eigenvalue weighted by molar-refractivity contribution is 5.12. The first kappa shape index (κ1) is 7.18. The molecule has 3 heteroatoms. The van der Waals surface area contributed by atoms with Crippen LogP contribution in [0.15, 0.2) is 18.3 Å². The van der Waals surface area contributed by atoms with Gasteiger partial charge < -0.3 is 10.8 Å². The van der Waals surface area contributed by atoms with Crippen LogP contribution in [0.4, 0.5) is 0 Å². The van der Waals surface area contributed by atoms with Crippen molar-refractivity contribution >= 4 is 0 Å². The van der Waals surface area contributed by atoms with Crippen LogP contribution in [0.1, 0.15) is 11.3 Å². The predicted molar refractivity (Wildman–Crippen MR) is 38.1 cm³/mol. The van der Waals surface area contributed by atoms with Crippen LogP contribution < -0.4 is 5.73 Å². The summed E-state index contributed by atoms with van der Waals surface area (Å²) in [6.45, 7) is 0.490. The number of pyridine rings is 1. The SMILES string of the molecule is NCc1ccc(CO)cn1. The number of aliphatic hydroxyl groups is 1. The highest BCUT2D eigenvalue weighted by Crippen LogP contribution is 1.98. The number of nitrogens with two attached hydrogens (primary N) is 1. The van der Waals surface area contributed by atoms with Crippen LogP contribution in [0.25, 0.3) is 0 Å². The fourth-order valence-electron chi connectivity index (χ4n) is 0.669. The molecule has 1 aromatic rings. The van der Waals surface area contributed by atoms with Gasteiger partial charge in [0.1, 0.15) is 0 Å². The van der Waals surface area contributed by atoms with E-state index in [-0.39, 0.29) is 6.61 Å². The zero-order valence-electron chi connectivity index (χ0n) is 5.62. The monoisotopic (exact) mass is 138 g/mol. The lowest BCUT2D eigenvalue weighted by Crippen LogP contribution is -1.99. The van der Waals surface area contributed by atoms with Gasteiger partial charge in [0, 0.05) is 12.7 Å². The lowest BCUT2D eigenvalue weighted by Gasteiger charge is -1.96. The molecular weight excluding hydrogens is 128 g/mol. The van der Waals surface area contributed by atoms with Gasteiger partial charge in [0.05, 0.1) is 12.3 Å². The summed E-state index contributed by atoms with van der Waals surface area (Å²) in [6.07, 6.45) is 1.63. The van der Waals surface area contributed by atoms with Crippen LogP contribution in [0.5, 0.6) is 0 Å². The zero-order valence-corrected chi connectivity index (χ0v) is 5.62. The maximum absolute atomic E-state index is 8.63. The van der Waals surface area contributed by atoms with Crippen LogP contribution in [0.3, 0.4) is 0 Å². The van der Waals surface area contributed by atoms with Crippen LogP contribution in [0, 0.1) is 0 Å². The number of rotatable bonds is 2. The lowest BCUT2D eigenvalue weighted by molar-refractivity contribution is 0.281. The van der Waals surface area contributed by atoms with Crippen LogP contribution in [-0.2, 0) is 13.2 Å². The van der Waals surface area contributed by atoms with Gasteiger partial charge in [0.15, 0.2) is 0 Å². The molecule has 0 bridgehead atoms. The summed E-state index contributed by atoms with van der Waals surface area (Å²) in [6, 6.07) is 3.63. The molecule has 0 aliphatic carbocycles. The third-order valence-corrected chi connectivity index (χ3v) is 1.28. The van der Waals surface area contributed by atoms with Gasteiger partial charge in [-0.2, -0.15) is 0 Å². The molecule has 0 unspecified atom stereocenters. The molecule has 0 saturated heterocycles. The number of hydrogen-bond acceptors (Lipinski definition) is 3. The van der Waals surface area contributed by atoms with Crippen molar-refractivity contribution in [3.8, 4) is 0 Å². The van der Waals surface area contributed by atoms with E-state index in [4.69, 9.17) is 10.8 Å². The molecule has 0 atom stereocenters. The normalized spacial score (nSPS) is 9.80. The minimum Gasteiger partial charge on any atom is -0.392 e. The molecule has 0 radical (unpaired) electrons. The Morgan fingerprint density at radius 2 is 2.30 bits per heavy atom. The van der Waals surface area contributed by atoms with Crippen molar-refractivity contribution in [3.63, 3.8) is 0 Å². The average Bonchev–Trinajstić information content (AvgIpc) is 2.05. The van der Waals surface area contributed by atoms with E-state index in [0.717, 1.165) is 11.3 Å². The standard InChI is InChI=1S/C7H10N2O/c8-3-7-2-1-6(5-10)4-9-7/h1-2,4,10H,3,5,8H2. The first-order valence-electron chi connectivity index (χ1n) is 3.11. The Morgan fingerprint density at radius 1 is 1.50 bits per heavy atom. The van der Waals surface area contributed by atoms with Gasteiger partial charge in [-0.15, -0.1) is 0 Å². The molecule has 54 valence electrons. The largest absolute Gasteiger partial charge is 0.392 e. The number of aromatic nitrogens is 1. The highest BCUT2D eigenvalue weighted by Gasteiger charge is 1.90. The van der Waals surface area contributed by atoms with Crippen molar-refractivity contribution in [2.75, 3.05) is 0 Å². The summed E-state index contributed by atoms with van der Waals surface area (Å²) in [5, 5.41) is 8.63. The molecule has 1 aromatic heterocycles. The Morgan fingerprint density at radius 3 is 2.70 bits per heavy atom. The summed E-state index contributed by atoms with van der Waals surface area (Å²) in [5.41, 5.74) is 6.98. The Hall–Kier alpha value is -0.930. The van der Waals surface area contributed by atoms with E-state index in [9.17, 15) is 0 Å². The van der Waals surface area contributed by atoms with Crippen LogP contribution >= 0.6 is 0 Å². The van der Waals surface area contributed by atoms with Gasteiger partial charge in [-0.05, 0) is 11.6 Å². The Labute approximate surface area is 59.5 Å². The Balaban J connectivity index is 2.80. The molecule has 0 aromatic carbocycles.